The van der Waals surface area contributed by atoms with E-state index in [1.54, 1.807) is 0 Å². The summed E-state index contributed by atoms with van der Waals surface area (Å²) in [4.78, 5) is 10.9. The van der Waals surface area contributed by atoms with Gasteiger partial charge in [-0.05, 0) is 18.8 Å². The van der Waals surface area contributed by atoms with Crippen molar-refractivity contribution in [3.8, 4) is 0 Å². The van der Waals surface area contributed by atoms with Crippen molar-refractivity contribution in [3.63, 3.8) is 0 Å². The van der Waals surface area contributed by atoms with Crippen molar-refractivity contribution in [1.29, 1.82) is 0 Å². The molecule has 1 aliphatic rings. The van der Waals surface area contributed by atoms with Crippen LogP contribution >= 0.6 is 0 Å². The van der Waals surface area contributed by atoms with Crippen LogP contribution in [0.1, 0.15) is 116 Å². The molecule has 3 N–H and O–H groups in total. The molecular formula is C21H42N2O. The van der Waals surface area contributed by atoms with Gasteiger partial charge in [-0.2, -0.15) is 0 Å². The van der Waals surface area contributed by atoms with E-state index < -0.39 is 0 Å². The summed E-state index contributed by atoms with van der Waals surface area (Å²) in [6, 6.07) is -0.114. The number of primary amides is 1. The summed E-state index contributed by atoms with van der Waals surface area (Å²) in [5.41, 5.74) is 5.18. The topological polar surface area (TPSA) is 55.1 Å². The summed E-state index contributed by atoms with van der Waals surface area (Å²) in [6.45, 7) is 2.11. The van der Waals surface area contributed by atoms with Gasteiger partial charge in [0, 0.05) is 6.04 Å². The van der Waals surface area contributed by atoms with Gasteiger partial charge in [-0.3, -0.25) is 0 Å². The molecular weight excluding hydrogens is 296 g/mol. The third-order valence-electron chi connectivity index (χ3n) is 5.73. The number of amides is 2. The molecule has 0 heterocycles. The molecule has 0 spiro atoms. The van der Waals surface area contributed by atoms with Crippen LogP contribution in [0.2, 0.25) is 0 Å². The van der Waals surface area contributed by atoms with Gasteiger partial charge in [0.1, 0.15) is 0 Å². The fourth-order valence-corrected chi connectivity index (χ4v) is 4.12. The van der Waals surface area contributed by atoms with E-state index in [1.165, 1.54) is 96.3 Å². The van der Waals surface area contributed by atoms with Gasteiger partial charge < -0.3 is 11.1 Å². The number of nitrogens with one attached hydrogen (secondary N) is 1. The van der Waals surface area contributed by atoms with Gasteiger partial charge in [0.05, 0.1) is 0 Å². The number of carbonyl (C=O) groups is 1. The normalized spacial score (nSPS) is 16.9. The van der Waals surface area contributed by atoms with E-state index in [9.17, 15) is 4.79 Å². The molecule has 0 radical (unpaired) electrons. The number of rotatable bonds is 14. The van der Waals surface area contributed by atoms with Gasteiger partial charge in [-0.15, -0.1) is 0 Å². The first-order valence-corrected chi connectivity index (χ1v) is 10.8. The number of carbonyl (C=O) groups excluding carboxylic acids is 1. The van der Waals surface area contributed by atoms with Crippen LogP contribution in [0.4, 0.5) is 4.79 Å². The Balaban J connectivity index is 1.79. The summed E-state index contributed by atoms with van der Waals surface area (Å²) in [7, 11) is 0. The third-order valence-corrected chi connectivity index (χ3v) is 5.73. The van der Waals surface area contributed by atoms with E-state index in [-0.39, 0.29) is 12.1 Å². The maximum atomic E-state index is 10.9. The van der Waals surface area contributed by atoms with Crippen LogP contribution in [0.3, 0.4) is 0 Å². The monoisotopic (exact) mass is 338 g/mol. The number of nitrogens with two attached hydrogens (primary N) is 1. The fourth-order valence-electron chi connectivity index (χ4n) is 4.12. The third kappa shape index (κ3) is 11.8. The lowest BCUT2D eigenvalue weighted by Crippen LogP contribution is -2.38. The highest BCUT2D eigenvalue weighted by Gasteiger charge is 2.12. The lowest BCUT2D eigenvalue weighted by Gasteiger charge is -2.21. The lowest BCUT2D eigenvalue weighted by atomic mass is 9.85. The molecule has 0 saturated heterocycles. The number of hydrogen-bond donors (Lipinski definition) is 2. The lowest BCUT2D eigenvalue weighted by molar-refractivity contribution is 0.243. The van der Waals surface area contributed by atoms with Crippen molar-refractivity contribution >= 4 is 6.03 Å². The number of unbranched alkanes of at least 4 members (excludes halogenated alkanes) is 8. The molecule has 1 fully saturated rings. The Kier molecular flexibility index (Phi) is 13.0. The maximum absolute atomic E-state index is 10.9. The molecule has 1 saturated carbocycles. The summed E-state index contributed by atoms with van der Waals surface area (Å²) in [6.07, 6.45) is 23.4. The van der Waals surface area contributed by atoms with Crippen molar-refractivity contribution in [2.45, 2.75) is 122 Å². The average Bonchev–Trinajstić information content (AvgIpc) is 2.59. The van der Waals surface area contributed by atoms with Crippen molar-refractivity contribution in [3.05, 3.63) is 0 Å². The van der Waals surface area contributed by atoms with Gasteiger partial charge in [0.15, 0.2) is 0 Å². The second-order valence-corrected chi connectivity index (χ2v) is 7.88. The summed E-state index contributed by atoms with van der Waals surface area (Å²) in [5.74, 6) is 1.06. The second-order valence-electron chi connectivity index (χ2n) is 7.88. The van der Waals surface area contributed by atoms with Crippen molar-refractivity contribution in [2.75, 3.05) is 0 Å². The van der Waals surface area contributed by atoms with Crippen LogP contribution < -0.4 is 11.1 Å². The van der Waals surface area contributed by atoms with Crippen LogP contribution in [0.15, 0.2) is 0 Å². The van der Waals surface area contributed by atoms with Crippen LogP contribution in [0.25, 0.3) is 0 Å². The van der Waals surface area contributed by atoms with Crippen molar-refractivity contribution in [2.24, 2.45) is 11.7 Å². The molecule has 24 heavy (non-hydrogen) atoms. The molecule has 3 heteroatoms. The van der Waals surface area contributed by atoms with Gasteiger partial charge in [-0.25, -0.2) is 4.79 Å². The molecule has 2 amide bonds. The van der Waals surface area contributed by atoms with Gasteiger partial charge >= 0.3 is 6.03 Å². The molecule has 0 aromatic carbocycles. The van der Waals surface area contributed by atoms with Gasteiger partial charge in [-0.1, -0.05) is 103 Å². The molecule has 0 aliphatic heterocycles. The van der Waals surface area contributed by atoms with E-state index in [4.69, 9.17) is 5.73 Å². The molecule has 0 bridgehead atoms. The highest BCUT2D eigenvalue weighted by atomic mass is 16.2. The van der Waals surface area contributed by atoms with E-state index in [0.717, 1.165) is 18.8 Å². The first-order chi connectivity index (χ1) is 11.7. The minimum absolute atomic E-state index is 0.270. The number of urea groups is 1. The Labute approximate surface area is 150 Å². The quantitative estimate of drug-likeness (QED) is 0.358. The standard InChI is InChI=1S/C21H42N2O/c1-2-20(23-21(22)24)18-14-9-7-5-3-4-6-8-11-15-19-16-12-10-13-17-19/h19-20H,2-18H2,1H3,(H3,22,23,24). The predicted octanol–water partition coefficient (Wildman–Crippen LogP) is 6.30. The highest BCUT2D eigenvalue weighted by Crippen LogP contribution is 2.28. The highest BCUT2D eigenvalue weighted by molar-refractivity contribution is 5.71. The molecule has 1 aliphatic carbocycles. The smallest absolute Gasteiger partial charge is 0.312 e. The molecule has 0 aromatic rings. The SMILES string of the molecule is CCC(CCCCCCCCCCCC1CCCCC1)NC(N)=O. The largest absolute Gasteiger partial charge is 0.352 e. The molecule has 1 unspecified atom stereocenters. The van der Waals surface area contributed by atoms with E-state index in [2.05, 4.69) is 12.2 Å². The van der Waals surface area contributed by atoms with E-state index >= 15 is 0 Å². The Hall–Kier alpha value is -0.730. The summed E-state index contributed by atoms with van der Waals surface area (Å²) < 4.78 is 0. The second kappa shape index (κ2) is 14.6. The van der Waals surface area contributed by atoms with E-state index in [1.807, 2.05) is 0 Å². The van der Waals surface area contributed by atoms with Crippen molar-refractivity contribution in [1.82, 2.24) is 5.32 Å². The Morgan fingerprint density at radius 2 is 1.46 bits per heavy atom. The molecule has 3 nitrogen and oxygen atoms in total. The Morgan fingerprint density at radius 3 is 2.00 bits per heavy atom. The first kappa shape index (κ1) is 21.3. The Morgan fingerprint density at radius 1 is 0.917 bits per heavy atom. The molecule has 142 valence electrons. The van der Waals surface area contributed by atoms with Crippen LogP contribution in [-0.2, 0) is 0 Å². The summed E-state index contributed by atoms with van der Waals surface area (Å²) in [5, 5.41) is 2.82. The van der Waals surface area contributed by atoms with E-state index in [0.29, 0.717) is 0 Å². The zero-order valence-corrected chi connectivity index (χ0v) is 16.2. The zero-order valence-electron chi connectivity index (χ0n) is 16.2. The van der Waals surface area contributed by atoms with Crippen LogP contribution in [0.5, 0.6) is 0 Å². The number of hydrogen-bond acceptors (Lipinski definition) is 1. The molecule has 0 aromatic heterocycles. The van der Waals surface area contributed by atoms with Crippen molar-refractivity contribution < 1.29 is 4.79 Å². The molecule has 1 rings (SSSR count). The molecule has 1 atom stereocenters. The first-order valence-electron chi connectivity index (χ1n) is 10.8. The minimum Gasteiger partial charge on any atom is -0.352 e. The van der Waals surface area contributed by atoms with Gasteiger partial charge in [0.2, 0.25) is 0 Å². The van der Waals surface area contributed by atoms with Crippen LogP contribution in [0, 0.1) is 5.92 Å². The minimum atomic E-state index is -0.384. The fraction of sp³-hybridized carbons (Fsp3) is 0.952. The summed E-state index contributed by atoms with van der Waals surface area (Å²) >= 11 is 0. The van der Waals surface area contributed by atoms with Gasteiger partial charge in [0.25, 0.3) is 0 Å². The Bertz CT molecular complexity index is 300. The maximum Gasteiger partial charge on any atom is 0.312 e. The average molecular weight is 339 g/mol. The van der Waals surface area contributed by atoms with Crippen LogP contribution in [-0.4, -0.2) is 12.1 Å². The zero-order chi connectivity index (χ0) is 17.5. The predicted molar refractivity (Wildman–Crippen MR) is 104 cm³/mol.